The second-order valence-electron chi connectivity index (χ2n) is 5.27. The smallest absolute Gasteiger partial charge is 0.193 e. The number of anilines is 1. The van der Waals surface area contributed by atoms with E-state index in [1.54, 1.807) is 11.3 Å². The molecule has 5 heteroatoms. The molecule has 1 aromatic carbocycles. The van der Waals surface area contributed by atoms with Crippen LogP contribution in [0, 0.1) is 27.7 Å². The van der Waals surface area contributed by atoms with E-state index in [0.717, 1.165) is 22.8 Å². The number of aliphatic imine (C=N–C) groups is 1. The Morgan fingerprint density at radius 1 is 1.19 bits per heavy atom. The quantitative estimate of drug-likeness (QED) is 0.672. The number of hydrogen-bond acceptors (Lipinski definition) is 3. The summed E-state index contributed by atoms with van der Waals surface area (Å²) in [7, 11) is 0. The maximum Gasteiger partial charge on any atom is 0.193 e. The molecule has 0 bridgehead atoms. The van der Waals surface area contributed by atoms with Crippen LogP contribution < -0.4 is 11.1 Å². The molecule has 0 aliphatic rings. The molecule has 0 saturated carbocycles. The highest BCUT2D eigenvalue weighted by Gasteiger charge is 2.03. The number of aryl methyl sites for hydroxylation is 4. The molecule has 112 valence electrons. The minimum Gasteiger partial charge on any atom is -0.370 e. The van der Waals surface area contributed by atoms with Gasteiger partial charge in [-0.05, 0) is 51.0 Å². The highest BCUT2D eigenvalue weighted by molar-refractivity contribution is 7.11. The molecule has 0 saturated heterocycles. The fraction of sp³-hybridized carbons (Fsp3) is 0.375. The number of aromatic nitrogens is 1. The van der Waals surface area contributed by atoms with Crippen LogP contribution >= 0.6 is 11.3 Å². The summed E-state index contributed by atoms with van der Waals surface area (Å²) in [5.74, 6) is 0.449. The van der Waals surface area contributed by atoms with E-state index in [9.17, 15) is 0 Å². The Labute approximate surface area is 130 Å². The second kappa shape index (κ2) is 6.72. The van der Waals surface area contributed by atoms with E-state index < -0.39 is 0 Å². The lowest BCUT2D eigenvalue weighted by atomic mass is 10.1. The molecule has 2 aromatic rings. The summed E-state index contributed by atoms with van der Waals surface area (Å²) in [6, 6.07) is 6.25. The Bertz CT molecular complexity index is 619. The first-order chi connectivity index (χ1) is 9.94. The van der Waals surface area contributed by atoms with Gasteiger partial charge < -0.3 is 11.1 Å². The van der Waals surface area contributed by atoms with E-state index in [1.165, 1.54) is 16.0 Å². The number of nitrogens with one attached hydrogen (secondary N) is 1. The predicted molar refractivity (Wildman–Crippen MR) is 91.3 cm³/mol. The summed E-state index contributed by atoms with van der Waals surface area (Å²) >= 11 is 1.73. The molecule has 0 aliphatic heterocycles. The zero-order valence-corrected chi connectivity index (χ0v) is 13.8. The van der Waals surface area contributed by atoms with E-state index in [-0.39, 0.29) is 0 Å². The number of nitrogens with zero attached hydrogens (tertiary/aromatic N) is 2. The molecule has 0 fully saturated rings. The first-order valence-electron chi connectivity index (χ1n) is 7.02. The van der Waals surface area contributed by atoms with Gasteiger partial charge in [0.1, 0.15) is 0 Å². The van der Waals surface area contributed by atoms with Crippen LogP contribution in [0.5, 0.6) is 0 Å². The molecule has 4 nitrogen and oxygen atoms in total. The third-order valence-corrected chi connectivity index (χ3v) is 4.31. The largest absolute Gasteiger partial charge is 0.370 e. The standard InChI is InChI=1S/C16H22N4S/c1-10-7-11(2)9-14(8-10)20-16(17)18-6-5-15-19-12(3)13(4)21-15/h7-9H,5-6H2,1-4H3,(H3,17,18,20). The fourth-order valence-electron chi connectivity index (χ4n) is 2.15. The lowest BCUT2D eigenvalue weighted by Crippen LogP contribution is -2.23. The summed E-state index contributed by atoms with van der Waals surface area (Å²) < 4.78 is 0. The number of hydrogen-bond donors (Lipinski definition) is 2. The molecule has 0 amide bonds. The maximum absolute atomic E-state index is 5.93. The van der Waals surface area contributed by atoms with Crippen LogP contribution in [-0.2, 0) is 6.42 Å². The van der Waals surface area contributed by atoms with Crippen LogP contribution in [-0.4, -0.2) is 17.5 Å². The third-order valence-electron chi connectivity index (χ3n) is 3.17. The number of rotatable bonds is 4. The van der Waals surface area contributed by atoms with Gasteiger partial charge in [-0.15, -0.1) is 11.3 Å². The summed E-state index contributed by atoms with van der Waals surface area (Å²) in [4.78, 5) is 10.1. The van der Waals surface area contributed by atoms with Gasteiger partial charge in [-0.25, -0.2) is 4.98 Å². The molecular formula is C16H22N4S. The molecule has 0 atom stereocenters. The zero-order valence-electron chi connectivity index (χ0n) is 13.0. The van der Waals surface area contributed by atoms with Crippen molar-refractivity contribution >= 4 is 23.0 Å². The highest BCUT2D eigenvalue weighted by Crippen LogP contribution is 2.17. The molecular weight excluding hydrogens is 280 g/mol. The molecule has 1 aromatic heterocycles. The van der Waals surface area contributed by atoms with E-state index >= 15 is 0 Å². The van der Waals surface area contributed by atoms with Gasteiger partial charge in [-0.3, -0.25) is 4.99 Å². The molecule has 3 N–H and O–H groups in total. The second-order valence-corrected chi connectivity index (χ2v) is 6.56. The first-order valence-corrected chi connectivity index (χ1v) is 7.84. The Morgan fingerprint density at radius 3 is 2.43 bits per heavy atom. The van der Waals surface area contributed by atoms with Gasteiger partial charge in [-0.2, -0.15) is 0 Å². The van der Waals surface area contributed by atoms with E-state index in [0.29, 0.717) is 12.5 Å². The van der Waals surface area contributed by atoms with Crippen molar-refractivity contribution in [2.75, 3.05) is 11.9 Å². The van der Waals surface area contributed by atoms with Crippen molar-refractivity contribution in [1.29, 1.82) is 0 Å². The van der Waals surface area contributed by atoms with Crippen LogP contribution in [0.3, 0.4) is 0 Å². The SMILES string of the molecule is Cc1cc(C)cc(NC(N)=NCCc2nc(C)c(C)s2)c1. The van der Waals surface area contributed by atoms with Crippen LogP contribution in [0.25, 0.3) is 0 Å². The van der Waals surface area contributed by atoms with Crippen LogP contribution in [0.1, 0.15) is 26.7 Å². The van der Waals surface area contributed by atoms with Crippen molar-refractivity contribution in [3.8, 4) is 0 Å². The Morgan fingerprint density at radius 2 is 1.86 bits per heavy atom. The molecule has 0 spiro atoms. The van der Waals surface area contributed by atoms with E-state index in [4.69, 9.17) is 5.73 Å². The topological polar surface area (TPSA) is 63.3 Å². The summed E-state index contributed by atoms with van der Waals surface area (Å²) in [5.41, 5.74) is 10.4. The highest BCUT2D eigenvalue weighted by atomic mass is 32.1. The molecule has 2 rings (SSSR count). The predicted octanol–water partition coefficient (Wildman–Crippen LogP) is 3.35. The molecule has 21 heavy (non-hydrogen) atoms. The Balaban J connectivity index is 1.92. The minimum absolute atomic E-state index is 0.449. The van der Waals surface area contributed by atoms with Gasteiger partial charge in [0.15, 0.2) is 5.96 Å². The minimum atomic E-state index is 0.449. The van der Waals surface area contributed by atoms with Crippen molar-refractivity contribution < 1.29 is 0 Å². The Hall–Kier alpha value is -1.88. The molecule has 0 radical (unpaired) electrons. The summed E-state index contributed by atoms with van der Waals surface area (Å²) in [6.07, 6.45) is 0.828. The third kappa shape index (κ3) is 4.56. The zero-order chi connectivity index (χ0) is 15.4. The average Bonchev–Trinajstić information content (AvgIpc) is 2.67. The van der Waals surface area contributed by atoms with E-state index in [2.05, 4.69) is 54.3 Å². The normalized spacial score (nSPS) is 11.7. The summed E-state index contributed by atoms with van der Waals surface area (Å²) in [5, 5.41) is 4.26. The van der Waals surface area contributed by atoms with Crippen molar-refractivity contribution in [3.05, 3.63) is 44.9 Å². The number of thiazole rings is 1. The van der Waals surface area contributed by atoms with Crippen molar-refractivity contribution in [2.24, 2.45) is 10.7 Å². The monoisotopic (exact) mass is 302 g/mol. The molecule has 0 unspecified atom stereocenters. The molecule has 0 aliphatic carbocycles. The van der Waals surface area contributed by atoms with Gasteiger partial charge in [0.05, 0.1) is 10.7 Å². The number of nitrogens with two attached hydrogens (primary N) is 1. The van der Waals surface area contributed by atoms with E-state index in [1.807, 2.05) is 6.92 Å². The van der Waals surface area contributed by atoms with Gasteiger partial charge in [0, 0.05) is 23.5 Å². The van der Waals surface area contributed by atoms with Crippen LogP contribution in [0.2, 0.25) is 0 Å². The van der Waals surface area contributed by atoms with Gasteiger partial charge in [0.2, 0.25) is 0 Å². The maximum atomic E-state index is 5.93. The number of benzene rings is 1. The van der Waals surface area contributed by atoms with Gasteiger partial charge in [-0.1, -0.05) is 6.07 Å². The van der Waals surface area contributed by atoms with Crippen LogP contribution in [0.15, 0.2) is 23.2 Å². The molecule has 1 heterocycles. The van der Waals surface area contributed by atoms with Crippen molar-refractivity contribution in [3.63, 3.8) is 0 Å². The average molecular weight is 302 g/mol. The van der Waals surface area contributed by atoms with Crippen molar-refractivity contribution in [2.45, 2.75) is 34.1 Å². The van der Waals surface area contributed by atoms with Gasteiger partial charge in [0.25, 0.3) is 0 Å². The summed E-state index contributed by atoms with van der Waals surface area (Å²) in [6.45, 7) is 8.91. The van der Waals surface area contributed by atoms with Crippen LogP contribution in [0.4, 0.5) is 5.69 Å². The lowest BCUT2D eigenvalue weighted by Gasteiger charge is -2.07. The van der Waals surface area contributed by atoms with Gasteiger partial charge >= 0.3 is 0 Å². The first kappa shape index (κ1) is 15.5. The number of guanidine groups is 1. The lowest BCUT2D eigenvalue weighted by molar-refractivity contribution is 0.941. The Kier molecular flexibility index (Phi) is 4.96. The fourth-order valence-corrected chi connectivity index (χ4v) is 3.08. The van der Waals surface area contributed by atoms with Crippen molar-refractivity contribution in [1.82, 2.24) is 4.98 Å².